The number of aromatic nitrogens is 4. The second-order valence-corrected chi connectivity index (χ2v) is 4.78. The van der Waals surface area contributed by atoms with Crippen LogP contribution in [0.5, 0.6) is 0 Å². The van der Waals surface area contributed by atoms with Crippen LogP contribution in [0.2, 0.25) is 0 Å². The molecule has 0 aliphatic carbocycles. The number of hydrogen-bond acceptors (Lipinski definition) is 9. The predicted molar refractivity (Wildman–Crippen MR) is 69.9 cm³/mol. The van der Waals surface area contributed by atoms with Crippen LogP contribution in [0.1, 0.15) is 5.69 Å². The Kier molecular flexibility index (Phi) is 3.59. The Morgan fingerprint density at radius 3 is 2.71 bits per heavy atom. The maximum Gasteiger partial charge on any atom is 0.191 e. The molecule has 5 N–H and O–H groups in total. The minimum Gasteiger partial charge on any atom is -0.383 e. The molecule has 0 unspecified atom stereocenters. The van der Waals surface area contributed by atoms with Crippen molar-refractivity contribution >= 4 is 39.9 Å². The second kappa shape index (κ2) is 5.15. The fourth-order valence-corrected chi connectivity index (χ4v) is 2.58. The Morgan fingerprint density at radius 1 is 1.35 bits per heavy atom. The third kappa shape index (κ3) is 2.94. The molecule has 0 saturated carbocycles. The van der Waals surface area contributed by atoms with Crippen molar-refractivity contribution in [3.05, 3.63) is 11.8 Å². The lowest BCUT2D eigenvalue weighted by atomic mass is 10.5. The summed E-state index contributed by atoms with van der Waals surface area (Å²) < 4.78 is 3.87. The topological polar surface area (TPSA) is 116 Å². The largest absolute Gasteiger partial charge is 0.383 e. The molecule has 0 saturated heterocycles. The van der Waals surface area contributed by atoms with Crippen molar-refractivity contribution in [2.75, 3.05) is 23.8 Å². The van der Waals surface area contributed by atoms with E-state index >= 15 is 0 Å². The summed E-state index contributed by atoms with van der Waals surface area (Å²) in [5.41, 5.74) is 12.0. The monoisotopic (exact) mass is 269 g/mol. The minimum atomic E-state index is 0.366. The number of nitrogens with one attached hydrogen (secondary N) is 1. The van der Waals surface area contributed by atoms with Gasteiger partial charge in [-0.25, -0.2) is 9.97 Å². The minimum absolute atomic E-state index is 0.366. The van der Waals surface area contributed by atoms with E-state index in [9.17, 15) is 0 Å². The molecule has 2 aromatic rings. The molecule has 2 rings (SSSR count). The van der Waals surface area contributed by atoms with Gasteiger partial charge in [0.2, 0.25) is 0 Å². The highest BCUT2D eigenvalue weighted by atomic mass is 32.2. The van der Waals surface area contributed by atoms with E-state index in [0.717, 1.165) is 10.7 Å². The Bertz CT molecular complexity index is 492. The van der Waals surface area contributed by atoms with Gasteiger partial charge >= 0.3 is 0 Å². The van der Waals surface area contributed by atoms with Crippen molar-refractivity contribution in [1.82, 2.24) is 19.6 Å². The first-order valence-corrected chi connectivity index (χ1v) is 6.46. The number of hydrogen-bond donors (Lipinski definition) is 3. The molecule has 0 bridgehead atoms. The quantitative estimate of drug-likeness (QED) is 0.552. The van der Waals surface area contributed by atoms with Crippen molar-refractivity contribution in [3.63, 3.8) is 0 Å². The zero-order valence-electron chi connectivity index (χ0n) is 9.04. The number of nitrogens with two attached hydrogens (primary N) is 2. The van der Waals surface area contributed by atoms with Crippen LogP contribution in [0.4, 0.5) is 16.6 Å². The van der Waals surface area contributed by atoms with Crippen LogP contribution < -0.4 is 16.8 Å². The number of rotatable bonds is 4. The summed E-state index contributed by atoms with van der Waals surface area (Å²) in [6.07, 6.45) is 0. The first kappa shape index (κ1) is 11.9. The molecule has 0 aliphatic heterocycles. The van der Waals surface area contributed by atoms with Crippen molar-refractivity contribution < 1.29 is 0 Å². The van der Waals surface area contributed by atoms with Crippen LogP contribution in [0.15, 0.2) is 11.2 Å². The van der Waals surface area contributed by atoms with E-state index < -0.39 is 0 Å². The number of anilines is 3. The molecule has 0 atom stereocenters. The molecule has 90 valence electrons. The fourth-order valence-electron chi connectivity index (χ4n) is 1.15. The number of nitrogens with zero attached hydrogens (tertiary/aromatic N) is 4. The van der Waals surface area contributed by atoms with Crippen LogP contribution in [0, 0.1) is 0 Å². The smallest absolute Gasteiger partial charge is 0.191 e. The van der Waals surface area contributed by atoms with Crippen LogP contribution in [0.3, 0.4) is 0 Å². The third-order valence-electron chi connectivity index (χ3n) is 1.87. The van der Waals surface area contributed by atoms with Gasteiger partial charge in [-0.15, -0.1) is 5.10 Å². The molecule has 0 aromatic carbocycles. The molecule has 0 spiro atoms. The maximum atomic E-state index is 5.58. The van der Waals surface area contributed by atoms with Gasteiger partial charge in [-0.05, 0) is 0 Å². The molecule has 2 aromatic heterocycles. The zero-order chi connectivity index (χ0) is 12.3. The van der Waals surface area contributed by atoms with Crippen LogP contribution in [-0.4, -0.2) is 26.6 Å². The van der Waals surface area contributed by atoms with Gasteiger partial charge in [0.25, 0.3) is 0 Å². The van der Waals surface area contributed by atoms with Crippen molar-refractivity contribution in [3.8, 4) is 0 Å². The number of thioether (sulfide) groups is 1. The lowest BCUT2D eigenvalue weighted by Crippen LogP contribution is -1.99. The van der Waals surface area contributed by atoms with Crippen LogP contribution >= 0.6 is 23.3 Å². The first-order chi connectivity index (χ1) is 8.19. The van der Waals surface area contributed by atoms with Crippen molar-refractivity contribution in [1.29, 1.82) is 0 Å². The van der Waals surface area contributed by atoms with Gasteiger partial charge in [-0.2, -0.15) is 0 Å². The fraction of sp³-hybridized carbons (Fsp3) is 0.250. The van der Waals surface area contributed by atoms with Gasteiger partial charge in [-0.1, -0.05) is 16.3 Å². The molecule has 9 heteroatoms. The summed E-state index contributed by atoms with van der Waals surface area (Å²) in [5, 5.41) is 8.52. The molecular formula is C8H11N7S2. The molecule has 0 aliphatic rings. The zero-order valence-corrected chi connectivity index (χ0v) is 10.7. The molecule has 0 amide bonds. The summed E-state index contributed by atoms with van der Waals surface area (Å²) in [6.45, 7) is 0. The maximum absolute atomic E-state index is 5.58. The highest BCUT2D eigenvalue weighted by molar-refractivity contribution is 7.98. The van der Waals surface area contributed by atoms with E-state index in [4.69, 9.17) is 11.5 Å². The van der Waals surface area contributed by atoms with Crippen LogP contribution in [0.25, 0.3) is 0 Å². The number of nitrogen functional groups attached to an aromatic ring is 2. The Balaban J connectivity index is 2.07. The molecule has 7 nitrogen and oxygen atoms in total. The average molecular weight is 269 g/mol. The lowest BCUT2D eigenvalue weighted by molar-refractivity contribution is 0.980. The standard InChI is InChI=1S/C8H11N7S2/c1-11-7-4(14-15-17-7)3-16-8-12-5(9)2-6(10)13-8/h2,11H,3H2,1H3,(H4,9,10,12,13). The van der Waals surface area contributed by atoms with E-state index in [2.05, 4.69) is 24.9 Å². The highest BCUT2D eigenvalue weighted by Gasteiger charge is 2.08. The Hall–Kier alpha value is -1.61. The summed E-state index contributed by atoms with van der Waals surface area (Å²) in [4.78, 5) is 8.15. The van der Waals surface area contributed by atoms with Gasteiger partial charge in [0, 0.05) is 30.4 Å². The molecule has 0 radical (unpaired) electrons. The summed E-state index contributed by atoms with van der Waals surface area (Å²) in [6, 6.07) is 1.52. The second-order valence-electron chi connectivity index (χ2n) is 3.09. The summed E-state index contributed by atoms with van der Waals surface area (Å²) in [5.74, 6) is 1.35. The van der Waals surface area contributed by atoms with E-state index in [0.29, 0.717) is 22.5 Å². The van der Waals surface area contributed by atoms with E-state index in [-0.39, 0.29) is 0 Å². The van der Waals surface area contributed by atoms with Crippen LogP contribution in [-0.2, 0) is 5.75 Å². The first-order valence-electron chi connectivity index (χ1n) is 4.71. The van der Waals surface area contributed by atoms with Gasteiger partial charge in [0.05, 0.1) is 0 Å². The normalized spacial score (nSPS) is 10.4. The summed E-state index contributed by atoms with van der Waals surface area (Å²) >= 11 is 2.73. The lowest BCUT2D eigenvalue weighted by Gasteiger charge is -2.02. The van der Waals surface area contributed by atoms with Gasteiger partial charge in [0.1, 0.15) is 22.3 Å². The molecule has 17 heavy (non-hydrogen) atoms. The van der Waals surface area contributed by atoms with Crippen molar-refractivity contribution in [2.24, 2.45) is 0 Å². The molecule has 0 fully saturated rings. The van der Waals surface area contributed by atoms with E-state index in [1.807, 2.05) is 7.05 Å². The highest BCUT2D eigenvalue weighted by Crippen LogP contribution is 2.25. The third-order valence-corrected chi connectivity index (χ3v) is 3.51. The van der Waals surface area contributed by atoms with Crippen molar-refractivity contribution in [2.45, 2.75) is 10.9 Å². The van der Waals surface area contributed by atoms with Gasteiger partial charge in [0.15, 0.2) is 5.16 Å². The van der Waals surface area contributed by atoms with Gasteiger partial charge in [-0.3, -0.25) is 0 Å². The summed E-state index contributed by atoms with van der Waals surface area (Å²) in [7, 11) is 1.83. The van der Waals surface area contributed by atoms with Gasteiger partial charge < -0.3 is 16.8 Å². The van der Waals surface area contributed by atoms with E-state index in [1.165, 1.54) is 29.4 Å². The average Bonchev–Trinajstić information content (AvgIpc) is 2.72. The predicted octanol–water partition coefficient (Wildman–Crippen LogP) is 0.827. The molecular weight excluding hydrogens is 258 g/mol. The molecule has 2 heterocycles. The Labute approximate surface area is 106 Å². The van der Waals surface area contributed by atoms with E-state index in [1.54, 1.807) is 0 Å². The SMILES string of the molecule is CNc1snnc1CSc1nc(N)cc(N)n1. The Morgan fingerprint density at radius 2 is 2.06 bits per heavy atom.